The number of rotatable bonds is 3. The van der Waals surface area contributed by atoms with Gasteiger partial charge in [-0.05, 0) is 36.6 Å². The molecule has 0 saturated heterocycles. The molecule has 1 aromatic rings. The zero-order valence-electron chi connectivity index (χ0n) is 7.86. The molecule has 0 fully saturated rings. The summed E-state index contributed by atoms with van der Waals surface area (Å²) in [5.74, 6) is -1.65. The van der Waals surface area contributed by atoms with Crippen molar-refractivity contribution in [2.45, 2.75) is 19.3 Å². The maximum atomic E-state index is 13.3. The monoisotopic (exact) mass is 263 g/mol. The van der Waals surface area contributed by atoms with Gasteiger partial charge in [0.1, 0.15) is 0 Å². The Morgan fingerprint density at radius 3 is 2.64 bits per heavy atom. The van der Waals surface area contributed by atoms with E-state index in [-0.39, 0.29) is 5.92 Å². The molecule has 0 radical (unpaired) electrons. The van der Waals surface area contributed by atoms with Gasteiger partial charge in [-0.15, -0.1) is 0 Å². The third kappa shape index (κ3) is 2.51. The standard InChI is InChI=1S/C10H12BrF2N/c1-6(2-3-14)8-4-7(11)5-9(12)10(8)13/h4-6H,2-3,14H2,1H3. The number of benzene rings is 1. The molecule has 0 amide bonds. The van der Waals surface area contributed by atoms with Gasteiger partial charge >= 0.3 is 0 Å². The van der Waals surface area contributed by atoms with Crippen molar-refractivity contribution in [3.8, 4) is 0 Å². The Balaban J connectivity index is 3.07. The molecule has 0 heterocycles. The summed E-state index contributed by atoms with van der Waals surface area (Å²) in [6.07, 6.45) is 0.646. The highest BCUT2D eigenvalue weighted by molar-refractivity contribution is 9.10. The molecule has 1 atom stereocenters. The zero-order chi connectivity index (χ0) is 10.7. The van der Waals surface area contributed by atoms with Gasteiger partial charge in [-0.1, -0.05) is 22.9 Å². The maximum absolute atomic E-state index is 13.3. The van der Waals surface area contributed by atoms with Gasteiger partial charge in [0.25, 0.3) is 0 Å². The second-order valence-electron chi connectivity index (χ2n) is 3.27. The van der Waals surface area contributed by atoms with Gasteiger partial charge in [-0.3, -0.25) is 0 Å². The van der Waals surface area contributed by atoms with Crippen LogP contribution in [-0.2, 0) is 0 Å². The summed E-state index contributed by atoms with van der Waals surface area (Å²) in [6, 6.07) is 2.72. The second-order valence-corrected chi connectivity index (χ2v) is 4.18. The van der Waals surface area contributed by atoms with Crippen LogP contribution in [-0.4, -0.2) is 6.54 Å². The minimum atomic E-state index is -0.821. The molecule has 1 nitrogen and oxygen atoms in total. The normalized spacial score (nSPS) is 12.9. The van der Waals surface area contributed by atoms with Gasteiger partial charge in [0.2, 0.25) is 0 Å². The molecule has 14 heavy (non-hydrogen) atoms. The predicted molar refractivity (Wildman–Crippen MR) is 56.1 cm³/mol. The molecule has 1 rings (SSSR count). The molecule has 78 valence electrons. The Morgan fingerprint density at radius 1 is 1.43 bits per heavy atom. The van der Waals surface area contributed by atoms with Gasteiger partial charge < -0.3 is 5.73 Å². The average Bonchev–Trinajstić information content (AvgIpc) is 2.11. The molecule has 2 N–H and O–H groups in total. The largest absolute Gasteiger partial charge is 0.330 e. The average molecular weight is 264 g/mol. The van der Waals surface area contributed by atoms with Crippen LogP contribution < -0.4 is 5.73 Å². The third-order valence-electron chi connectivity index (χ3n) is 2.15. The third-order valence-corrected chi connectivity index (χ3v) is 2.61. The minimum Gasteiger partial charge on any atom is -0.330 e. The molecule has 0 spiro atoms. The number of nitrogens with two attached hydrogens (primary N) is 1. The molecular weight excluding hydrogens is 252 g/mol. The lowest BCUT2D eigenvalue weighted by molar-refractivity contribution is 0.487. The number of halogens is 3. The van der Waals surface area contributed by atoms with Crippen molar-refractivity contribution in [2.24, 2.45) is 5.73 Å². The second kappa shape index (κ2) is 4.84. The lowest BCUT2D eigenvalue weighted by Crippen LogP contribution is -2.07. The van der Waals surface area contributed by atoms with E-state index in [0.717, 1.165) is 6.07 Å². The van der Waals surface area contributed by atoms with E-state index in [1.165, 1.54) is 0 Å². The van der Waals surface area contributed by atoms with E-state index in [9.17, 15) is 8.78 Å². The molecule has 0 aromatic heterocycles. The highest BCUT2D eigenvalue weighted by atomic mass is 79.9. The summed E-state index contributed by atoms with van der Waals surface area (Å²) in [5.41, 5.74) is 5.74. The van der Waals surface area contributed by atoms with Crippen LogP contribution in [0.4, 0.5) is 8.78 Å². The fraction of sp³-hybridized carbons (Fsp3) is 0.400. The number of hydrogen-bond acceptors (Lipinski definition) is 1. The molecular formula is C10H12BrF2N. The molecule has 0 bridgehead atoms. The molecule has 1 unspecified atom stereocenters. The topological polar surface area (TPSA) is 26.0 Å². The van der Waals surface area contributed by atoms with E-state index in [4.69, 9.17) is 5.73 Å². The lowest BCUT2D eigenvalue weighted by Gasteiger charge is -2.12. The van der Waals surface area contributed by atoms with Crippen molar-refractivity contribution in [2.75, 3.05) is 6.54 Å². The van der Waals surface area contributed by atoms with Crippen molar-refractivity contribution in [3.05, 3.63) is 33.8 Å². The first-order valence-electron chi connectivity index (χ1n) is 4.40. The molecule has 1 aromatic carbocycles. The van der Waals surface area contributed by atoms with Crippen LogP contribution in [0.2, 0.25) is 0 Å². The molecule has 4 heteroatoms. The minimum absolute atomic E-state index is 0.0630. The number of hydrogen-bond donors (Lipinski definition) is 1. The highest BCUT2D eigenvalue weighted by Crippen LogP contribution is 2.27. The van der Waals surface area contributed by atoms with Crippen LogP contribution in [0.15, 0.2) is 16.6 Å². The Morgan fingerprint density at radius 2 is 2.07 bits per heavy atom. The Bertz CT molecular complexity index is 328. The highest BCUT2D eigenvalue weighted by Gasteiger charge is 2.15. The fourth-order valence-electron chi connectivity index (χ4n) is 1.34. The van der Waals surface area contributed by atoms with Crippen LogP contribution in [0.25, 0.3) is 0 Å². The van der Waals surface area contributed by atoms with Crippen LogP contribution in [0.5, 0.6) is 0 Å². The first kappa shape index (κ1) is 11.6. The summed E-state index contributed by atoms with van der Waals surface area (Å²) in [4.78, 5) is 0. The summed E-state index contributed by atoms with van der Waals surface area (Å²) in [5, 5.41) is 0. The van der Waals surface area contributed by atoms with E-state index in [2.05, 4.69) is 15.9 Å². The van der Waals surface area contributed by atoms with Crippen molar-refractivity contribution in [1.82, 2.24) is 0 Å². The van der Waals surface area contributed by atoms with Gasteiger partial charge in [0.15, 0.2) is 11.6 Å². The van der Waals surface area contributed by atoms with Crippen molar-refractivity contribution < 1.29 is 8.78 Å². The van der Waals surface area contributed by atoms with Crippen molar-refractivity contribution in [1.29, 1.82) is 0 Å². The van der Waals surface area contributed by atoms with Crippen LogP contribution in [0.1, 0.15) is 24.8 Å². The summed E-state index contributed by atoms with van der Waals surface area (Å²) in [6.45, 7) is 2.30. The smallest absolute Gasteiger partial charge is 0.162 e. The predicted octanol–water partition coefficient (Wildman–Crippen LogP) is 3.18. The Hall–Kier alpha value is -0.480. The Kier molecular flexibility index (Phi) is 4.01. The van der Waals surface area contributed by atoms with Crippen LogP contribution in [0.3, 0.4) is 0 Å². The first-order chi connectivity index (χ1) is 6.56. The molecule has 0 saturated carbocycles. The van der Waals surface area contributed by atoms with E-state index in [0.29, 0.717) is 23.0 Å². The summed E-state index contributed by atoms with van der Waals surface area (Å²) < 4.78 is 26.9. The van der Waals surface area contributed by atoms with Gasteiger partial charge in [0, 0.05) is 4.47 Å². The molecule has 0 aliphatic rings. The quantitative estimate of drug-likeness (QED) is 0.833. The fourth-order valence-corrected chi connectivity index (χ4v) is 1.79. The maximum Gasteiger partial charge on any atom is 0.162 e. The van der Waals surface area contributed by atoms with Crippen LogP contribution in [0, 0.1) is 11.6 Å². The summed E-state index contributed by atoms with van der Waals surface area (Å²) in [7, 11) is 0. The first-order valence-corrected chi connectivity index (χ1v) is 5.20. The van der Waals surface area contributed by atoms with E-state index < -0.39 is 11.6 Å². The van der Waals surface area contributed by atoms with Gasteiger partial charge in [-0.25, -0.2) is 8.78 Å². The molecule has 0 aliphatic heterocycles. The SMILES string of the molecule is CC(CCN)c1cc(Br)cc(F)c1F. The van der Waals surface area contributed by atoms with Gasteiger partial charge in [-0.2, -0.15) is 0 Å². The van der Waals surface area contributed by atoms with E-state index in [1.54, 1.807) is 6.07 Å². The summed E-state index contributed by atoms with van der Waals surface area (Å²) >= 11 is 3.13. The molecule has 0 aliphatic carbocycles. The van der Waals surface area contributed by atoms with Gasteiger partial charge in [0.05, 0.1) is 0 Å². The van der Waals surface area contributed by atoms with Crippen molar-refractivity contribution >= 4 is 15.9 Å². The lowest BCUT2D eigenvalue weighted by atomic mass is 9.97. The van der Waals surface area contributed by atoms with Crippen LogP contribution >= 0.6 is 15.9 Å². The van der Waals surface area contributed by atoms with Crippen molar-refractivity contribution in [3.63, 3.8) is 0 Å². The Labute approximate surface area is 90.4 Å². The zero-order valence-corrected chi connectivity index (χ0v) is 9.44. The van der Waals surface area contributed by atoms with E-state index >= 15 is 0 Å². The van der Waals surface area contributed by atoms with E-state index in [1.807, 2.05) is 6.92 Å².